The highest BCUT2D eigenvalue weighted by Crippen LogP contribution is 2.58. The number of nitrogens with one attached hydrogen (secondary N) is 1. The van der Waals surface area contributed by atoms with Crippen LogP contribution in [0.25, 0.3) is 6.08 Å². The number of fused-ring (bicyclic) bond motifs is 6. The van der Waals surface area contributed by atoms with Crippen LogP contribution in [-0.2, 0) is 10.2 Å². The number of anilines is 2. The molecule has 206 valence electrons. The topological polar surface area (TPSA) is 110 Å². The summed E-state index contributed by atoms with van der Waals surface area (Å²) in [5.74, 6) is -2.39. The monoisotopic (exact) mass is 555 g/mol. The van der Waals surface area contributed by atoms with Crippen molar-refractivity contribution in [1.82, 2.24) is 0 Å². The summed E-state index contributed by atoms with van der Waals surface area (Å²) in [6, 6.07) is 25.6. The molecular weight excluding hydrogens is 530 g/mol. The lowest BCUT2D eigenvalue weighted by atomic mass is 9.64. The molecule has 1 spiro atoms. The Balaban J connectivity index is 1.54. The van der Waals surface area contributed by atoms with Gasteiger partial charge in [0.25, 0.3) is 5.69 Å². The second kappa shape index (κ2) is 9.34. The Kier molecular flexibility index (Phi) is 5.69. The number of benzene rings is 4. The molecule has 0 radical (unpaired) electrons. The fraction of sp³-hybridized carbons (Fsp3) is 0.147. The molecule has 3 aliphatic heterocycles. The number of nitro groups is 1. The van der Waals surface area contributed by atoms with Crippen molar-refractivity contribution in [1.29, 1.82) is 0 Å². The number of hydrogen-bond acceptors (Lipinski definition) is 6. The van der Waals surface area contributed by atoms with Gasteiger partial charge in [0.05, 0.1) is 16.9 Å². The molecule has 0 aromatic heterocycles. The molecule has 7 rings (SSSR count). The molecule has 1 N–H and O–H groups in total. The SMILES string of the molecule is Cc1ccc2c(c1)C=C[C@H]1N2[C@H](C(=O)c2ccccc2)[C@H](C(=O)c2cccc([N+](=O)[O-])c2)[C@]12C(=O)Nc1ccccc12. The van der Waals surface area contributed by atoms with Gasteiger partial charge in [0.2, 0.25) is 5.91 Å². The number of Topliss-reactive ketones (excluding diaryl/α,β-unsaturated/α-hetero) is 2. The third-order valence-electron chi connectivity index (χ3n) is 8.74. The van der Waals surface area contributed by atoms with Crippen molar-refractivity contribution in [3.8, 4) is 0 Å². The van der Waals surface area contributed by atoms with E-state index >= 15 is 0 Å². The summed E-state index contributed by atoms with van der Waals surface area (Å²) in [4.78, 5) is 56.8. The molecule has 1 saturated heterocycles. The van der Waals surface area contributed by atoms with Crippen molar-refractivity contribution in [2.75, 3.05) is 10.2 Å². The maximum Gasteiger partial charge on any atom is 0.270 e. The molecule has 0 bridgehead atoms. The fourth-order valence-electron chi connectivity index (χ4n) is 7.02. The van der Waals surface area contributed by atoms with Gasteiger partial charge in [0.15, 0.2) is 11.6 Å². The third-order valence-corrected chi connectivity index (χ3v) is 8.74. The van der Waals surface area contributed by atoms with Crippen LogP contribution in [0.2, 0.25) is 0 Å². The van der Waals surface area contributed by atoms with E-state index in [0.29, 0.717) is 16.8 Å². The number of aryl methyl sites for hydroxylation is 1. The fourth-order valence-corrected chi connectivity index (χ4v) is 7.02. The number of rotatable bonds is 5. The minimum Gasteiger partial charge on any atom is -0.352 e. The number of nitrogens with zero attached hydrogens (tertiary/aromatic N) is 2. The molecule has 0 aliphatic carbocycles. The zero-order valence-corrected chi connectivity index (χ0v) is 22.6. The summed E-state index contributed by atoms with van der Waals surface area (Å²) in [5.41, 5.74) is 2.61. The van der Waals surface area contributed by atoms with E-state index in [1.54, 1.807) is 30.3 Å². The van der Waals surface area contributed by atoms with Crippen molar-refractivity contribution < 1.29 is 19.3 Å². The van der Waals surface area contributed by atoms with Gasteiger partial charge >= 0.3 is 0 Å². The standard InChI is InChI=1S/C34H25N3O5/c1-20-14-16-27-22(18-20)15-17-28-34(25-12-5-6-13-26(25)35-33(34)40)29(31(38)23-10-7-11-24(19-23)37(41)42)30(36(27)28)32(39)21-8-3-2-4-9-21/h2-19,28-30H,1H3,(H,35,40)/t28-,29-,30+,34-/m1/s1. The summed E-state index contributed by atoms with van der Waals surface area (Å²) in [6.07, 6.45) is 3.86. The molecule has 4 aromatic rings. The number of carbonyl (C=O) groups excluding carboxylic acids is 3. The van der Waals surface area contributed by atoms with E-state index in [0.717, 1.165) is 16.8 Å². The van der Waals surface area contributed by atoms with Crippen LogP contribution in [0.5, 0.6) is 0 Å². The van der Waals surface area contributed by atoms with E-state index in [9.17, 15) is 24.5 Å². The van der Waals surface area contributed by atoms with Gasteiger partial charge in [0.1, 0.15) is 11.5 Å². The van der Waals surface area contributed by atoms with Crippen molar-refractivity contribution in [3.63, 3.8) is 0 Å². The second-order valence-corrected chi connectivity index (χ2v) is 11.0. The van der Waals surface area contributed by atoms with Gasteiger partial charge in [-0.25, -0.2) is 0 Å². The summed E-state index contributed by atoms with van der Waals surface area (Å²) in [7, 11) is 0. The van der Waals surface area contributed by atoms with Crippen molar-refractivity contribution in [2.24, 2.45) is 5.92 Å². The zero-order valence-electron chi connectivity index (χ0n) is 22.6. The first-order valence-corrected chi connectivity index (χ1v) is 13.7. The highest BCUT2D eigenvalue weighted by atomic mass is 16.6. The summed E-state index contributed by atoms with van der Waals surface area (Å²) in [6.45, 7) is 1.98. The van der Waals surface area contributed by atoms with E-state index in [1.807, 2.05) is 66.4 Å². The highest BCUT2D eigenvalue weighted by Gasteiger charge is 2.70. The lowest BCUT2D eigenvalue weighted by Crippen LogP contribution is -2.51. The quantitative estimate of drug-likeness (QED) is 0.191. The van der Waals surface area contributed by atoms with E-state index in [4.69, 9.17) is 0 Å². The second-order valence-electron chi connectivity index (χ2n) is 11.0. The van der Waals surface area contributed by atoms with Crippen LogP contribution in [0.4, 0.5) is 17.1 Å². The van der Waals surface area contributed by atoms with Gasteiger partial charge in [-0.1, -0.05) is 84.4 Å². The van der Waals surface area contributed by atoms with E-state index < -0.39 is 34.1 Å². The Bertz CT molecular complexity index is 1850. The average Bonchev–Trinajstić information content (AvgIpc) is 3.49. The molecule has 3 aliphatic rings. The van der Waals surface area contributed by atoms with Gasteiger partial charge in [-0.2, -0.15) is 0 Å². The average molecular weight is 556 g/mol. The Morgan fingerprint density at radius 1 is 0.881 bits per heavy atom. The lowest BCUT2D eigenvalue weighted by Gasteiger charge is -2.37. The third kappa shape index (κ3) is 3.51. The first kappa shape index (κ1) is 25.6. The molecule has 8 heteroatoms. The molecular formula is C34H25N3O5. The van der Waals surface area contributed by atoms with Crippen LogP contribution < -0.4 is 10.2 Å². The molecule has 1 fully saturated rings. The predicted octanol–water partition coefficient (Wildman–Crippen LogP) is 5.76. The van der Waals surface area contributed by atoms with Crippen molar-refractivity contribution in [3.05, 3.63) is 141 Å². The van der Waals surface area contributed by atoms with Gasteiger partial charge in [0, 0.05) is 34.6 Å². The van der Waals surface area contributed by atoms with Crippen molar-refractivity contribution in [2.45, 2.75) is 24.4 Å². The van der Waals surface area contributed by atoms with Gasteiger partial charge < -0.3 is 10.2 Å². The van der Waals surface area contributed by atoms with Gasteiger partial charge in [-0.15, -0.1) is 0 Å². The normalized spacial score (nSPS) is 23.2. The largest absolute Gasteiger partial charge is 0.352 e. The number of amides is 1. The van der Waals surface area contributed by atoms with E-state index in [2.05, 4.69) is 5.32 Å². The number of carbonyl (C=O) groups is 3. The molecule has 1 amide bonds. The van der Waals surface area contributed by atoms with Crippen molar-refractivity contribution >= 4 is 40.6 Å². The maximum absolute atomic E-state index is 14.8. The number of nitro benzene ring substituents is 1. The minimum atomic E-state index is -1.48. The molecule has 8 nitrogen and oxygen atoms in total. The summed E-state index contributed by atoms with van der Waals surface area (Å²) < 4.78 is 0. The Morgan fingerprint density at radius 2 is 1.62 bits per heavy atom. The maximum atomic E-state index is 14.8. The number of non-ortho nitro benzene ring substituents is 1. The van der Waals surface area contributed by atoms with Crippen LogP contribution in [0.3, 0.4) is 0 Å². The van der Waals surface area contributed by atoms with Crippen LogP contribution in [0.1, 0.15) is 37.4 Å². The minimum absolute atomic E-state index is 0.0737. The van der Waals surface area contributed by atoms with Crippen LogP contribution in [0.15, 0.2) is 103 Å². The molecule has 42 heavy (non-hydrogen) atoms. The number of para-hydroxylation sites is 1. The molecule has 0 unspecified atom stereocenters. The van der Waals surface area contributed by atoms with Gasteiger partial charge in [-0.05, 0) is 36.2 Å². The summed E-state index contributed by atoms with van der Waals surface area (Å²) >= 11 is 0. The van der Waals surface area contributed by atoms with Crippen LogP contribution in [0, 0.1) is 23.0 Å². The zero-order chi connectivity index (χ0) is 29.2. The molecule has 4 aromatic carbocycles. The Hall–Kier alpha value is -5.37. The van der Waals surface area contributed by atoms with Crippen LogP contribution in [-0.4, -0.2) is 34.5 Å². The van der Waals surface area contributed by atoms with E-state index in [-0.39, 0.29) is 22.9 Å². The molecule has 3 heterocycles. The number of hydrogen-bond donors (Lipinski definition) is 1. The number of ketones is 2. The molecule has 4 atom stereocenters. The van der Waals surface area contributed by atoms with Crippen LogP contribution >= 0.6 is 0 Å². The Labute approximate surface area is 241 Å². The first-order valence-electron chi connectivity index (χ1n) is 13.7. The Morgan fingerprint density at radius 3 is 2.40 bits per heavy atom. The first-order chi connectivity index (χ1) is 20.3. The summed E-state index contributed by atoms with van der Waals surface area (Å²) in [5, 5.41) is 14.6. The van der Waals surface area contributed by atoms with Gasteiger partial charge in [-0.3, -0.25) is 24.5 Å². The predicted molar refractivity (Wildman–Crippen MR) is 159 cm³/mol. The smallest absolute Gasteiger partial charge is 0.270 e. The lowest BCUT2D eigenvalue weighted by molar-refractivity contribution is -0.384. The van der Waals surface area contributed by atoms with E-state index in [1.165, 1.54) is 24.3 Å². The molecule has 0 saturated carbocycles. The highest BCUT2D eigenvalue weighted by molar-refractivity contribution is 6.18.